The van der Waals surface area contributed by atoms with E-state index in [1.54, 1.807) is 24.3 Å². The zero-order chi connectivity index (χ0) is 23.9. The first-order chi connectivity index (χ1) is 15.5. The topological polar surface area (TPSA) is 109 Å². The van der Waals surface area contributed by atoms with Gasteiger partial charge in [0.15, 0.2) is 0 Å². The number of hydrogen-bond acceptors (Lipinski definition) is 6. The second kappa shape index (κ2) is 8.94. The highest BCUT2D eigenvalue weighted by Crippen LogP contribution is 2.39. The van der Waals surface area contributed by atoms with Crippen molar-refractivity contribution in [2.75, 3.05) is 23.7 Å². The smallest absolute Gasteiger partial charge is 0.283 e. The molecule has 9 nitrogen and oxygen atoms in total. The quantitative estimate of drug-likeness (QED) is 0.546. The number of anilines is 1. The lowest BCUT2D eigenvalue weighted by Crippen LogP contribution is -2.31. The van der Waals surface area contributed by atoms with Crippen LogP contribution in [0.5, 0.6) is 0 Å². The van der Waals surface area contributed by atoms with Gasteiger partial charge in [0.05, 0.1) is 0 Å². The maximum Gasteiger partial charge on any atom is 0.283 e. The summed E-state index contributed by atoms with van der Waals surface area (Å²) in [6.45, 7) is 4.21. The number of carbonyl (C=O) groups is 1. The predicted octanol–water partition coefficient (Wildman–Crippen LogP) is 3.36. The van der Waals surface area contributed by atoms with Gasteiger partial charge in [-0.05, 0) is 54.9 Å². The Bertz CT molecular complexity index is 1340. The van der Waals surface area contributed by atoms with Crippen LogP contribution in [0.4, 0.5) is 5.69 Å². The highest BCUT2D eigenvalue weighted by atomic mass is 35.5. The Morgan fingerprint density at radius 3 is 2.67 bits per heavy atom. The number of nitrogens with one attached hydrogen (secondary N) is 2. The number of nitrogens with zero attached hydrogens (tertiary/aromatic N) is 4. The van der Waals surface area contributed by atoms with Gasteiger partial charge in [-0.1, -0.05) is 40.2 Å². The number of amides is 1. The number of fused-ring (bicyclic) bond motifs is 1. The number of aromatic nitrogens is 3. The Kier molecular flexibility index (Phi) is 6.37. The Hall–Kier alpha value is -2.66. The van der Waals surface area contributed by atoms with Crippen LogP contribution in [0.1, 0.15) is 35.2 Å². The molecule has 1 atom stereocenters. The van der Waals surface area contributed by atoms with E-state index in [0.29, 0.717) is 22.3 Å². The van der Waals surface area contributed by atoms with Crippen LogP contribution in [0.3, 0.4) is 0 Å². The molecule has 4 rings (SSSR count). The molecule has 0 spiro atoms. The molecule has 1 aliphatic heterocycles. The minimum Gasteiger partial charge on any atom is -0.301 e. The molecular weight excluding hydrogens is 487 g/mol. The van der Waals surface area contributed by atoms with Crippen LogP contribution in [0.2, 0.25) is 10.0 Å². The first-order valence-electron chi connectivity index (χ1n) is 10.0. The number of benzene rings is 2. The molecule has 0 aliphatic carbocycles. The van der Waals surface area contributed by atoms with Crippen molar-refractivity contribution in [1.29, 1.82) is 0 Å². The van der Waals surface area contributed by atoms with Gasteiger partial charge >= 0.3 is 0 Å². The Morgan fingerprint density at radius 1 is 1.18 bits per heavy atom. The van der Waals surface area contributed by atoms with E-state index in [9.17, 15) is 13.2 Å². The van der Waals surface area contributed by atoms with Gasteiger partial charge < -0.3 is 4.90 Å². The van der Waals surface area contributed by atoms with Crippen molar-refractivity contribution in [1.82, 2.24) is 20.0 Å². The molecule has 0 saturated heterocycles. The van der Waals surface area contributed by atoms with Gasteiger partial charge in [-0.3, -0.25) is 9.52 Å². The number of carbonyl (C=O) groups excluding carboxylic acids is 1. The summed E-state index contributed by atoms with van der Waals surface area (Å²) in [5.74, 6) is -0.464. The average molecular weight is 509 g/mol. The van der Waals surface area contributed by atoms with Crippen LogP contribution < -0.4 is 10.1 Å². The average Bonchev–Trinajstić information content (AvgIpc) is 3.08. The van der Waals surface area contributed by atoms with Crippen LogP contribution in [-0.4, -0.2) is 47.9 Å². The van der Waals surface area contributed by atoms with E-state index in [2.05, 4.69) is 25.2 Å². The van der Waals surface area contributed by atoms with E-state index < -0.39 is 15.9 Å². The molecule has 0 fully saturated rings. The minimum absolute atomic E-state index is 0.0400. The van der Waals surface area contributed by atoms with E-state index >= 15 is 0 Å². The molecule has 1 aliphatic rings. The SMILES string of the molecule is CC(=O)Nn1nc(C)c(S(=O)(=O)Nc2cccc(C3CN(C)Cc4c(Cl)cc(Cl)cc43)c2)n1. The van der Waals surface area contributed by atoms with Gasteiger partial charge in [0.1, 0.15) is 5.69 Å². The van der Waals surface area contributed by atoms with E-state index in [-0.39, 0.29) is 16.6 Å². The second-order valence-electron chi connectivity index (χ2n) is 7.98. The van der Waals surface area contributed by atoms with Gasteiger partial charge in [-0.2, -0.15) is 8.42 Å². The Balaban J connectivity index is 1.66. The third-order valence-electron chi connectivity index (χ3n) is 5.29. The maximum absolute atomic E-state index is 13.0. The van der Waals surface area contributed by atoms with E-state index in [4.69, 9.17) is 23.2 Å². The lowest BCUT2D eigenvalue weighted by Gasteiger charge is -2.33. The van der Waals surface area contributed by atoms with Crippen molar-refractivity contribution in [2.45, 2.75) is 31.3 Å². The predicted molar refractivity (Wildman–Crippen MR) is 127 cm³/mol. The monoisotopic (exact) mass is 508 g/mol. The first kappa shape index (κ1) is 23.5. The fourth-order valence-electron chi connectivity index (χ4n) is 3.96. The van der Waals surface area contributed by atoms with Crippen LogP contribution in [0, 0.1) is 6.92 Å². The summed E-state index contributed by atoms with van der Waals surface area (Å²) in [5, 5.41) is 8.70. The van der Waals surface area contributed by atoms with Crippen molar-refractivity contribution >= 4 is 44.8 Å². The van der Waals surface area contributed by atoms with Gasteiger partial charge in [0.25, 0.3) is 10.0 Å². The van der Waals surface area contributed by atoms with Crippen molar-refractivity contribution < 1.29 is 13.2 Å². The van der Waals surface area contributed by atoms with Gasteiger partial charge in [-0.15, -0.1) is 10.2 Å². The van der Waals surface area contributed by atoms with Crippen LogP contribution in [0.15, 0.2) is 41.4 Å². The molecule has 1 aromatic heterocycles. The highest BCUT2D eigenvalue weighted by molar-refractivity contribution is 7.92. The molecule has 2 N–H and O–H groups in total. The minimum atomic E-state index is -4.04. The standard InChI is InChI=1S/C21H22Cl2N6O3S/c1-12-21(26-29(24-12)25-13(2)30)33(31,32)27-16-6-4-5-14(7-16)18-10-28(3)11-19-17(18)8-15(22)9-20(19)23/h4-9,18,27H,10-11H2,1-3H3,(H,25,30). The lowest BCUT2D eigenvalue weighted by molar-refractivity contribution is -0.115. The van der Waals surface area contributed by atoms with E-state index in [1.165, 1.54) is 13.8 Å². The molecule has 2 heterocycles. The number of aryl methyl sites for hydroxylation is 1. The Morgan fingerprint density at radius 2 is 1.94 bits per heavy atom. The van der Waals surface area contributed by atoms with Gasteiger partial charge in [-0.25, -0.2) is 5.43 Å². The number of hydrogen-bond donors (Lipinski definition) is 2. The fourth-order valence-corrected chi connectivity index (χ4v) is 5.68. The molecule has 33 heavy (non-hydrogen) atoms. The van der Waals surface area contributed by atoms with Crippen LogP contribution >= 0.6 is 23.2 Å². The molecule has 0 bridgehead atoms. The zero-order valence-electron chi connectivity index (χ0n) is 18.1. The van der Waals surface area contributed by atoms with Crippen LogP contribution in [-0.2, 0) is 21.4 Å². The summed E-state index contributed by atoms with van der Waals surface area (Å²) in [6, 6.07) is 10.8. The summed E-state index contributed by atoms with van der Waals surface area (Å²) in [4.78, 5) is 14.2. The zero-order valence-corrected chi connectivity index (χ0v) is 20.5. The molecule has 0 radical (unpaired) electrons. The second-order valence-corrected chi connectivity index (χ2v) is 10.4. The molecule has 0 saturated carbocycles. The van der Waals surface area contributed by atoms with Crippen molar-refractivity contribution in [3.8, 4) is 0 Å². The molecule has 3 aromatic rings. The lowest BCUT2D eigenvalue weighted by atomic mass is 9.84. The highest BCUT2D eigenvalue weighted by Gasteiger charge is 2.28. The van der Waals surface area contributed by atoms with Crippen molar-refractivity contribution in [3.63, 3.8) is 0 Å². The first-order valence-corrected chi connectivity index (χ1v) is 12.3. The molecular formula is C21H22Cl2N6O3S. The van der Waals surface area contributed by atoms with Gasteiger partial charge in [0.2, 0.25) is 10.9 Å². The number of sulfonamides is 1. The van der Waals surface area contributed by atoms with Crippen molar-refractivity contribution in [2.24, 2.45) is 0 Å². The number of rotatable bonds is 5. The van der Waals surface area contributed by atoms with E-state index in [0.717, 1.165) is 28.1 Å². The molecule has 12 heteroatoms. The van der Waals surface area contributed by atoms with Gasteiger partial charge in [0, 0.05) is 41.7 Å². The largest absolute Gasteiger partial charge is 0.301 e. The number of halogens is 2. The van der Waals surface area contributed by atoms with E-state index in [1.807, 2.05) is 19.2 Å². The molecule has 1 amide bonds. The molecule has 1 unspecified atom stereocenters. The van der Waals surface area contributed by atoms with Crippen molar-refractivity contribution in [3.05, 3.63) is 68.8 Å². The third kappa shape index (κ3) is 4.98. The fraction of sp³-hybridized carbons (Fsp3) is 0.286. The normalized spacial score (nSPS) is 16.3. The summed E-state index contributed by atoms with van der Waals surface area (Å²) < 4.78 is 28.5. The number of likely N-dealkylation sites (N-methyl/N-ethyl adjacent to an activating group) is 1. The summed E-state index contributed by atoms with van der Waals surface area (Å²) >= 11 is 12.7. The Labute approximate surface area is 201 Å². The molecule has 2 aromatic carbocycles. The maximum atomic E-state index is 13.0. The summed E-state index contributed by atoms with van der Waals surface area (Å²) in [5.41, 5.74) is 5.80. The third-order valence-corrected chi connectivity index (χ3v) is 7.23. The summed E-state index contributed by atoms with van der Waals surface area (Å²) in [7, 11) is -2.03. The van der Waals surface area contributed by atoms with Crippen LogP contribution in [0.25, 0.3) is 0 Å². The summed E-state index contributed by atoms with van der Waals surface area (Å²) in [6.07, 6.45) is 0. The molecule has 174 valence electrons.